The van der Waals surface area contributed by atoms with Gasteiger partial charge in [-0.3, -0.25) is 4.79 Å². The molecule has 0 radical (unpaired) electrons. The first-order chi connectivity index (χ1) is 13.1. The second kappa shape index (κ2) is 7.25. The molecule has 0 spiro atoms. The van der Waals surface area contributed by atoms with Gasteiger partial charge in [-0.25, -0.2) is 4.39 Å². The van der Waals surface area contributed by atoms with Gasteiger partial charge >= 0.3 is 0 Å². The number of ether oxygens (including phenoxy) is 1. The number of halogens is 2. The zero-order valence-electron chi connectivity index (χ0n) is 14.1. The highest BCUT2D eigenvalue weighted by molar-refractivity contribution is 6.30. The molecule has 0 N–H and O–H groups in total. The summed E-state index contributed by atoms with van der Waals surface area (Å²) in [4.78, 5) is 12.8. The number of fused-ring (bicyclic) bond motifs is 1. The molecule has 0 fully saturated rings. The van der Waals surface area contributed by atoms with Crippen LogP contribution in [0.2, 0.25) is 5.02 Å². The van der Waals surface area contributed by atoms with E-state index >= 15 is 0 Å². The van der Waals surface area contributed by atoms with Crippen LogP contribution in [0.5, 0.6) is 5.75 Å². The molecule has 5 heteroatoms. The van der Waals surface area contributed by atoms with Gasteiger partial charge in [-0.05, 0) is 47.5 Å². The highest BCUT2D eigenvalue weighted by Crippen LogP contribution is 2.24. The summed E-state index contributed by atoms with van der Waals surface area (Å²) in [5.74, 6) is 0.226. The van der Waals surface area contributed by atoms with Crippen LogP contribution in [0.15, 0.2) is 82.2 Å². The Morgan fingerprint density at radius 3 is 2.59 bits per heavy atom. The second-order valence-electron chi connectivity index (χ2n) is 6.06. The monoisotopic (exact) mass is 380 g/mol. The fourth-order valence-electron chi connectivity index (χ4n) is 2.82. The molecule has 0 saturated carbocycles. The van der Waals surface area contributed by atoms with Crippen LogP contribution in [0.25, 0.3) is 22.1 Å². The lowest BCUT2D eigenvalue weighted by atomic mass is 10.1. The minimum Gasteiger partial charge on any atom is -0.489 e. The summed E-state index contributed by atoms with van der Waals surface area (Å²) < 4.78 is 24.6. The van der Waals surface area contributed by atoms with E-state index in [9.17, 15) is 9.18 Å². The van der Waals surface area contributed by atoms with Crippen LogP contribution in [-0.4, -0.2) is 0 Å². The molecule has 0 bridgehead atoms. The molecule has 0 unspecified atom stereocenters. The molecule has 0 saturated heterocycles. The highest BCUT2D eigenvalue weighted by Gasteiger charge is 2.10. The first-order valence-electron chi connectivity index (χ1n) is 8.29. The normalized spacial score (nSPS) is 10.9. The van der Waals surface area contributed by atoms with Crippen LogP contribution in [0.4, 0.5) is 4.39 Å². The standard InChI is InChI=1S/C22H14ClFO3/c23-16-6-4-15(5-7-16)20-13-27-21-11-18(8-9-19(21)22(20)25)26-12-14-2-1-3-17(24)10-14/h1-11,13H,12H2. The van der Waals surface area contributed by atoms with Gasteiger partial charge in [-0.1, -0.05) is 35.9 Å². The van der Waals surface area contributed by atoms with Crippen LogP contribution in [0.3, 0.4) is 0 Å². The minimum absolute atomic E-state index is 0.129. The Morgan fingerprint density at radius 1 is 1.00 bits per heavy atom. The second-order valence-corrected chi connectivity index (χ2v) is 6.50. The number of hydrogen-bond acceptors (Lipinski definition) is 3. The average Bonchev–Trinajstić information content (AvgIpc) is 2.68. The molecule has 134 valence electrons. The summed E-state index contributed by atoms with van der Waals surface area (Å²) in [6.07, 6.45) is 1.43. The molecule has 3 aromatic carbocycles. The maximum Gasteiger partial charge on any atom is 0.200 e. The summed E-state index contributed by atoms with van der Waals surface area (Å²) in [6, 6.07) is 18.2. The Morgan fingerprint density at radius 2 is 1.81 bits per heavy atom. The lowest BCUT2D eigenvalue weighted by molar-refractivity contribution is 0.305. The molecular formula is C22H14ClFO3. The Labute approximate surface area is 159 Å². The molecule has 27 heavy (non-hydrogen) atoms. The molecule has 0 aliphatic rings. The van der Waals surface area contributed by atoms with E-state index in [-0.39, 0.29) is 17.9 Å². The van der Waals surface area contributed by atoms with E-state index in [0.29, 0.717) is 27.3 Å². The van der Waals surface area contributed by atoms with Gasteiger partial charge in [0.1, 0.15) is 30.0 Å². The zero-order chi connectivity index (χ0) is 18.8. The first-order valence-corrected chi connectivity index (χ1v) is 8.67. The van der Waals surface area contributed by atoms with E-state index in [1.54, 1.807) is 54.6 Å². The van der Waals surface area contributed by atoms with Gasteiger partial charge in [-0.2, -0.15) is 0 Å². The van der Waals surface area contributed by atoms with Crippen LogP contribution in [0, 0.1) is 5.82 Å². The third-order valence-electron chi connectivity index (χ3n) is 4.20. The molecule has 0 aliphatic carbocycles. The molecule has 1 heterocycles. The molecule has 4 aromatic rings. The van der Waals surface area contributed by atoms with Crippen molar-refractivity contribution >= 4 is 22.6 Å². The van der Waals surface area contributed by atoms with Crippen molar-refractivity contribution in [2.24, 2.45) is 0 Å². The van der Waals surface area contributed by atoms with Crippen LogP contribution >= 0.6 is 11.6 Å². The van der Waals surface area contributed by atoms with E-state index in [2.05, 4.69) is 0 Å². The minimum atomic E-state index is -0.310. The quantitative estimate of drug-likeness (QED) is 0.447. The third-order valence-corrected chi connectivity index (χ3v) is 4.45. The van der Waals surface area contributed by atoms with Gasteiger partial charge in [0.25, 0.3) is 0 Å². The van der Waals surface area contributed by atoms with Gasteiger partial charge < -0.3 is 9.15 Å². The summed E-state index contributed by atoms with van der Waals surface area (Å²) >= 11 is 5.90. The van der Waals surface area contributed by atoms with Crippen molar-refractivity contribution in [1.82, 2.24) is 0 Å². The Balaban J connectivity index is 1.62. The van der Waals surface area contributed by atoms with E-state index in [1.165, 1.54) is 18.4 Å². The van der Waals surface area contributed by atoms with Gasteiger partial charge in [0, 0.05) is 11.1 Å². The van der Waals surface area contributed by atoms with Crippen LogP contribution in [0.1, 0.15) is 5.56 Å². The first kappa shape index (κ1) is 17.3. The summed E-state index contributed by atoms with van der Waals surface area (Å²) in [5.41, 5.74) is 2.22. The smallest absolute Gasteiger partial charge is 0.200 e. The van der Waals surface area contributed by atoms with Gasteiger partial charge in [0.2, 0.25) is 0 Å². The molecule has 0 atom stereocenters. The lowest BCUT2D eigenvalue weighted by Gasteiger charge is -2.08. The van der Waals surface area contributed by atoms with Gasteiger partial charge in [0.15, 0.2) is 5.43 Å². The van der Waals surface area contributed by atoms with Crippen molar-refractivity contribution in [2.75, 3.05) is 0 Å². The molecule has 1 aromatic heterocycles. The van der Waals surface area contributed by atoms with Crippen molar-refractivity contribution in [3.8, 4) is 16.9 Å². The van der Waals surface area contributed by atoms with Gasteiger partial charge in [-0.15, -0.1) is 0 Å². The largest absolute Gasteiger partial charge is 0.489 e. The van der Waals surface area contributed by atoms with Gasteiger partial charge in [0.05, 0.1) is 10.9 Å². The fourth-order valence-corrected chi connectivity index (χ4v) is 2.95. The van der Waals surface area contributed by atoms with Crippen molar-refractivity contribution in [2.45, 2.75) is 6.61 Å². The summed E-state index contributed by atoms with van der Waals surface area (Å²) in [6.45, 7) is 0.219. The van der Waals surface area contributed by atoms with E-state index in [1.807, 2.05) is 0 Å². The number of benzene rings is 3. The number of rotatable bonds is 4. The van der Waals surface area contributed by atoms with Crippen molar-refractivity contribution in [3.63, 3.8) is 0 Å². The lowest BCUT2D eigenvalue weighted by Crippen LogP contribution is -2.05. The molecule has 4 rings (SSSR count). The maximum atomic E-state index is 13.2. The molecule has 0 amide bonds. The molecule has 3 nitrogen and oxygen atoms in total. The van der Waals surface area contributed by atoms with Crippen LogP contribution in [-0.2, 0) is 6.61 Å². The summed E-state index contributed by atoms with van der Waals surface area (Å²) in [7, 11) is 0. The molecule has 0 aliphatic heterocycles. The predicted octanol–water partition coefficient (Wildman–Crippen LogP) is 5.83. The van der Waals surface area contributed by atoms with E-state index < -0.39 is 0 Å². The Hall–Kier alpha value is -3.11. The average molecular weight is 381 g/mol. The topological polar surface area (TPSA) is 39.4 Å². The Bertz CT molecular complexity index is 1170. The summed E-state index contributed by atoms with van der Waals surface area (Å²) in [5, 5.41) is 1.06. The fraction of sp³-hybridized carbons (Fsp3) is 0.0455. The molecular weight excluding hydrogens is 367 g/mol. The van der Waals surface area contributed by atoms with E-state index in [0.717, 1.165) is 11.1 Å². The van der Waals surface area contributed by atoms with Crippen molar-refractivity contribution in [1.29, 1.82) is 0 Å². The van der Waals surface area contributed by atoms with Crippen molar-refractivity contribution < 1.29 is 13.5 Å². The van der Waals surface area contributed by atoms with Crippen molar-refractivity contribution in [3.05, 3.63) is 99.6 Å². The third kappa shape index (κ3) is 3.71. The number of hydrogen-bond donors (Lipinski definition) is 0. The Kier molecular flexibility index (Phi) is 4.65. The maximum absolute atomic E-state index is 13.2. The van der Waals surface area contributed by atoms with E-state index in [4.69, 9.17) is 20.8 Å². The SMILES string of the molecule is O=c1c(-c2ccc(Cl)cc2)coc2cc(OCc3cccc(F)c3)ccc12. The highest BCUT2D eigenvalue weighted by atomic mass is 35.5. The zero-order valence-corrected chi connectivity index (χ0v) is 14.9. The van der Waals surface area contributed by atoms with Crippen LogP contribution < -0.4 is 10.2 Å². The predicted molar refractivity (Wildman–Crippen MR) is 104 cm³/mol.